The molecule has 0 unspecified atom stereocenters. The third kappa shape index (κ3) is 6.37. The third-order valence-corrected chi connectivity index (χ3v) is 5.94. The Morgan fingerprint density at radius 1 is 1.03 bits per heavy atom. The average molecular weight is 504 g/mol. The smallest absolute Gasteiger partial charge is 0.258 e. The zero-order valence-corrected chi connectivity index (χ0v) is 21.5. The summed E-state index contributed by atoms with van der Waals surface area (Å²) in [4.78, 5) is 33.7. The summed E-state index contributed by atoms with van der Waals surface area (Å²) in [5.41, 5.74) is 2.68. The lowest BCUT2D eigenvalue weighted by atomic mass is 10.1. The number of hydrogen-bond donors (Lipinski definition) is 3. The SMILES string of the molecule is CCNC(=O)c1ccc(Nc2nc(-c3cccc(OCC(=O)NC(C)(C)C)c3)nc3ccsc23)cc1. The van der Waals surface area contributed by atoms with Gasteiger partial charge in [-0.05, 0) is 75.5 Å². The predicted octanol–water partition coefficient (Wildman–Crippen LogP) is 5.15. The first-order valence-corrected chi connectivity index (χ1v) is 12.5. The van der Waals surface area contributed by atoms with E-state index in [1.54, 1.807) is 29.5 Å². The van der Waals surface area contributed by atoms with Crippen LogP contribution in [-0.4, -0.2) is 40.5 Å². The minimum absolute atomic E-state index is 0.0791. The number of rotatable bonds is 8. The summed E-state index contributed by atoms with van der Waals surface area (Å²) in [5.74, 6) is 1.47. The van der Waals surface area contributed by atoms with E-state index >= 15 is 0 Å². The Morgan fingerprint density at radius 2 is 1.81 bits per heavy atom. The van der Waals surface area contributed by atoms with Gasteiger partial charge in [-0.2, -0.15) is 0 Å². The van der Waals surface area contributed by atoms with Crippen LogP contribution in [0.4, 0.5) is 11.5 Å². The van der Waals surface area contributed by atoms with Crippen molar-refractivity contribution >= 4 is 44.9 Å². The Hall–Kier alpha value is -3.98. The minimum atomic E-state index is -0.322. The number of amides is 2. The minimum Gasteiger partial charge on any atom is -0.484 e. The number of benzene rings is 2. The van der Waals surface area contributed by atoms with Crippen LogP contribution in [0.1, 0.15) is 38.1 Å². The normalized spacial score (nSPS) is 11.2. The van der Waals surface area contributed by atoms with Crippen molar-refractivity contribution in [3.63, 3.8) is 0 Å². The van der Waals surface area contributed by atoms with E-state index in [0.717, 1.165) is 21.5 Å². The van der Waals surface area contributed by atoms with E-state index < -0.39 is 0 Å². The average Bonchev–Trinajstić information content (AvgIpc) is 3.32. The standard InChI is InChI=1S/C27H29N5O3S/c1-5-28-26(34)17-9-11-19(12-10-17)29-25-23-21(13-14-36-23)30-24(31-25)18-7-6-8-20(15-18)35-16-22(33)32-27(2,3)4/h6-15H,5,16H2,1-4H3,(H,28,34)(H,32,33)(H,29,30,31). The van der Waals surface area contributed by atoms with Crippen molar-refractivity contribution in [3.8, 4) is 17.1 Å². The summed E-state index contributed by atoms with van der Waals surface area (Å²) in [6.45, 7) is 8.16. The van der Waals surface area contributed by atoms with Crippen LogP contribution in [0.5, 0.6) is 5.75 Å². The van der Waals surface area contributed by atoms with Crippen molar-refractivity contribution < 1.29 is 14.3 Å². The molecule has 2 aromatic carbocycles. The molecule has 4 rings (SSSR count). The molecule has 0 radical (unpaired) electrons. The zero-order chi connectivity index (χ0) is 25.7. The summed E-state index contributed by atoms with van der Waals surface area (Å²) < 4.78 is 6.64. The predicted molar refractivity (Wildman–Crippen MR) is 144 cm³/mol. The molecule has 2 heterocycles. The maximum absolute atomic E-state index is 12.1. The Kier molecular flexibility index (Phi) is 7.49. The van der Waals surface area contributed by atoms with E-state index in [4.69, 9.17) is 14.7 Å². The van der Waals surface area contributed by atoms with E-state index in [1.165, 1.54) is 0 Å². The van der Waals surface area contributed by atoms with E-state index in [2.05, 4.69) is 16.0 Å². The van der Waals surface area contributed by atoms with Gasteiger partial charge in [0, 0.05) is 28.9 Å². The fraction of sp³-hybridized carbons (Fsp3) is 0.259. The molecule has 4 aromatic rings. The lowest BCUT2D eigenvalue weighted by Gasteiger charge is -2.20. The second-order valence-electron chi connectivity index (χ2n) is 9.21. The van der Waals surface area contributed by atoms with Crippen molar-refractivity contribution in [1.29, 1.82) is 0 Å². The molecule has 3 N–H and O–H groups in total. The maximum atomic E-state index is 12.1. The molecule has 0 saturated carbocycles. The van der Waals surface area contributed by atoms with Crippen LogP contribution in [0.15, 0.2) is 60.0 Å². The highest BCUT2D eigenvalue weighted by atomic mass is 32.1. The number of hydrogen-bond acceptors (Lipinski definition) is 7. The second-order valence-corrected chi connectivity index (χ2v) is 10.1. The molecule has 0 saturated heterocycles. The van der Waals surface area contributed by atoms with Crippen LogP contribution in [0.3, 0.4) is 0 Å². The number of carbonyl (C=O) groups excluding carboxylic acids is 2. The number of aromatic nitrogens is 2. The first kappa shape index (κ1) is 25.1. The number of fused-ring (bicyclic) bond motifs is 1. The molecular weight excluding hydrogens is 474 g/mol. The van der Waals surface area contributed by atoms with E-state index in [-0.39, 0.29) is 24.0 Å². The largest absolute Gasteiger partial charge is 0.484 e. The van der Waals surface area contributed by atoms with E-state index in [9.17, 15) is 9.59 Å². The molecule has 0 bridgehead atoms. The summed E-state index contributed by atoms with van der Waals surface area (Å²) in [5, 5.41) is 11.0. The highest BCUT2D eigenvalue weighted by molar-refractivity contribution is 7.17. The zero-order valence-electron chi connectivity index (χ0n) is 20.7. The summed E-state index contributed by atoms with van der Waals surface area (Å²) >= 11 is 1.55. The van der Waals surface area contributed by atoms with Crippen molar-refractivity contribution in [2.45, 2.75) is 33.2 Å². The molecule has 9 heteroatoms. The van der Waals surface area contributed by atoms with Crippen molar-refractivity contribution in [3.05, 3.63) is 65.5 Å². The van der Waals surface area contributed by atoms with Crippen LogP contribution in [0.25, 0.3) is 21.6 Å². The highest BCUT2D eigenvalue weighted by Crippen LogP contribution is 2.32. The van der Waals surface area contributed by atoms with Gasteiger partial charge in [0.2, 0.25) is 0 Å². The summed E-state index contributed by atoms with van der Waals surface area (Å²) in [6, 6.07) is 16.6. The van der Waals surface area contributed by atoms with Gasteiger partial charge in [-0.15, -0.1) is 11.3 Å². The first-order valence-electron chi connectivity index (χ1n) is 11.7. The van der Waals surface area contributed by atoms with Crippen LogP contribution >= 0.6 is 11.3 Å². The number of carbonyl (C=O) groups is 2. The van der Waals surface area contributed by atoms with Crippen LogP contribution in [0, 0.1) is 0 Å². The molecule has 0 aliphatic carbocycles. The fourth-order valence-corrected chi connectivity index (χ4v) is 4.29. The van der Waals surface area contributed by atoms with Crippen molar-refractivity contribution in [2.24, 2.45) is 0 Å². The molecule has 2 amide bonds. The molecule has 0 aliphatic heterocycles. The second kappa shape index (κ2) is 10.7. The van der Waals surface area contributed by atoms with Gasteiger partial charge in [-0.25, -0.2) is 9.97 Å². The van der Waals surface area contributed by atoms with Crippen LogP contribution in [-0.2, 0) is 4.79 Å². The Balaban J connectivity index is 1.56. The lowest BCUT2D eigenvalue weighted by molar-refractivity contribution is -0.124. The number of thiophene rings is 1. The van der Waals surface area contributed by atoms with Crippen molar-refractivity contribution in [2.75, 3.05) is 18.5 Å². The third-order valence-electron chi connectivity index (χ3n) is 5.03. The molecule has 0 aliphatic rings. The van der Waals surface area contributed by atoms with E-state index in [1.807, 2.05) is 69.5 Å². The maximum Gasteiger partial charge on any atom is 0.258 e. The molecule has 0 fully saturated rings. The van der Waals surface area contributed by atoms with Gasteiger partial charge in [0.15, 0.2) is 18.2 Å². The monoisotopic (exact) mass is 503 g/mol. The molecular formula is C27H29N5O3S. The van der Waals surface area contributed by atoms with Gasteiger partial charge < -0.3 is 20.7 Å². The van der Waals surface area contributed by atoms with Gasteiger partial charge >= 0.3 is 0 Å². The topological polar surface area (TPSA) is 105 Å². The fourth-order valence-electron chi connectivity index (χ4n) is 3.51. The first-order chi connectivity index (χ1) is 17.2. The summed E-state index contributed by atoms with van der Waals surface area (Å²) in [7, 11) is 0. The number of ether oxygens (including phenoxy) is 1. The van der Waals surface area contributed by atoms with Gasteiger partial charge in [-0.3, -0.25) is 9.59 Å². The Morgan fingerprint density at radius 3 is 2.53 bits per heavy atom. The van der Waals surface area contributed by atoms with Crippen LogP contribution in [0.2, 0.25) is 0 Å². The Labute approximate surface area is 214 Å². The summed E-state index contributed by atoms with van der Waals surface area (Å²) in [6.07, 6.45) is 0. The molecule has 0 atom stereocenters. The molecule has 0 spiro atoms. The van der Waals surface area contributed by atoms with Gasteiger partial charge in [0.1, 0.15) is 5.75 Å². The Bertz CT molecular complexity index is 1380. The van der Waals surface area contributed by atoms with Crippen LogP contribution < -0.4 is 20.7 Å². The number of nitrogens with zero attached hydrogens (tertiary/aromatic N) is 2. The molecule has 2 aromatic heterocycles. The lowest BCUT2D eigenvalue weighted by Crippen LogP contribution is -2.43. The van der Waals surface area contributed by atoms with Crippen molar-refractivity contribution in [1.82, 2.24) is 20.6 Å². The highest BCUT2D eigenvalue weighted by Gasteiger charge is 2.15. The molecule has 186 valence electrons. The quantitative estimate of drug-likeness (QED) is 0.307. The van der Waals surface area contributed by atoms with E-state index in [0.29, 0.717) is 29.5 Å². The van der Waals surface area contributed by atoms with Gasteiger partial charge in [0.05, 0.1) is 10.2 Å². The molecule has 36 heavy (non-hydrogen) atoms. The van der Waals surface area contributed by atoms with Gasteiger partial charge in [-0.1, -0.05) is 12.1 Å². The van der Waals surface area contributed by atoms with Gasteiger partial charge in [0.25, 0.3) is 11.8 Å². The number of nitrogens with one attached hydrogen (secondary N) is 3. The molecule has 8 nitrogen and oxygen atoms in total. The number of anilines is 2.